The highest BCUT2D eigenvalue weighted by Crippen LogP contribution is 2.20. The molecule has 1 aliphatic rings. The number of likely N-dealkylation sites (tertiary alicyclic amines) is 1. The van der Waals surface area contributed by atoms with Gasteiger partial charge in [0.2, 0.25) is 17.7 Å². The number of rotatable bonds is 12. The van der Waals surface area contributed by atoms with Crippen molar-refractivity contribution in [1.82, 2.24) is 15.5 Å². The van der Waals surface area contributed by atoms with Crippen LogP contribution in [0.5, 0.6) is 0 Å². The van der Waals surface area contributed by atoms with Crippen LogP contribution in [0.2, 0.25) is 0 Å². The van der Waals surface area contributed by atoms with Crippen molar-refractivity contribution in [3.05, 3.63) is 35.9 Å². The van der Waals surface area contributed by atoms with Gasteiger partial charge in [-0.05, 0) is 30.7 Å². The molecule has 0 aliphatic carbocycles. The first kappa shape index (κ1) is 27.8. The Morgan fingerprint density at radius 1 is 1.06 bits per heavy atom. The average molecular weight is 491 g/mol. The van der Waals surface area contributed by atoms with Crippen LogP contribution in [0, 0.1) is 5.92 Å². The molecule has 6 N–H and O–H groups in total. The third-order valence-corrected chi connectivity index (χ3v) is 6.02. The number of carbonyl (C=O) groups is 5. The fraction of sp³-hybridized carbons (Fsp3) is 0.542. The summed E-state index contributed by atoms with van der Waals surface area (Å²) in [4.78, 5) is 62.7. The number of amides is 3. The van der Waals surface area contributed by atoms with Crippen molar-refractivity contribution in [2.75, 3.05) is 6.54 Å². The van der Waals surface area contributed by atoms with E-state index in [1.165, 1.54) is 4.90 Å². The molecule has 1 heterocycles. The number of nitrogens with zero attached hydrogens (tertiary/aromatic N) is 1. The van der Waals surface area contributed by atoms with Crippen LogP contribution in [-0.2, 0) is 30.4 Å². The van der Waals surface area contributed by atoms with Crippen LogP contribution in [0.25, 0.3) is 0 Å². The van der Waals surface area contributed by atoms with Gasteiger partial charge < -0.3 is 31.5 Å². The minimum atomic E-state index is -1.39. The van der Waals surface area contributed by atoms with Crippen LogP contribution >= 0.6 is 0 Å². The number of carboxylic acid groups (broad SMARTS) is 2. The van der Waals surface area contributed by atoms with Crippen molar-refractivity contribution in [3.8, 4) is 0 Å². The van der Waals surface area contributed by atoms with Crippen molar-refractivity contribution in [2.45, 2.75) is 70.1 Å². The van der Waals surface area contributed by atoms with E-state index in [0.29, 0.717) is 12.8 Å². The Bertz CT molecular complexity index is 922. The maximum atomic E-state index is 13.5. The second-order valence-corrected chi connectivity index (χ2v) is 9.04. The van der Waals surface area contributed by atoms with Crippen LogP contribution in [0.4, 0.5) is 0 Å². The molecule has 2 rings (SSSR count). The summed E-state index contributed by atoms with van der Waals surface area (Å²) in [5, 5.41) is 23.3. The molecule has 11 nitrogen and oxygen atoms in total. The van der Waals surface area contributed by atoms with E-state index in [1.54, 1.807) is 13.8 Å². The maximum Gasteiger partial charge on any atom is 0.326 e. The Labute approximate surface area is 204 Å². The average Bonchev–Trinajstić information content (AvgIpc) is 3.30. The Morgan fingerprint density at radius 3 is 2.29 bits per heavy atom. The normalized spacial score (nSPS) is 17.9. The molecule has 3 amide bonds. The molecule has 1 fully saturated rings. The van der Waals surface area contributed by atoms with E-state index in [0.717, 1.165) is 5.56 Å². The predicted octanol–water partition coefficient (Wildman–Crippen LogP) is 0.122. The third kappa shape index (κ3) is 8.06. The maximum absolute atomic E-state index is 13.5. The Hall–Kier alpha value is -3.47. The van der Waals surface area contributed by atoms with Crippen molar-refractivity contribution in [3.63, 3.8) is 0 Å². The monoisotopic (exact) mass is 490 g/mol. The van der Waals surface area contributed by atoms with Gasteiger partial charge in [-0.2, -0.15) is 0 Å². The quantitative estimate of drug-likeness (QED) is 0.274. The van der Waals surface area contributed by atoms with Gasteiger partial charge in [-0.15, -0.1) is 0 Å². The van der Waals surface area contributed by atoms with Gasteiger partial charge in [-0.1, -0.05) is 44.2 Å². The predicted molar refractivity (Wildman–Crippen MR) is 126 cm³/mol. The number of hydrogen-bond acceptors (Lipinski definition) is 6. The molecule has 0 unspecified atom stereocenters. The number of nitrogens with two attached hydrogens (primary N) is 1. The molecule has 1 aromatic carbocycles. The number of aliphatic carboxylic acids is 2. The fourth-order valence-electron chi connectivity index (χ4n) is 3.92. The smallest absolute Gasteiger partial charge is 0.326 e. The minimum absolute atomic E-state index is 0.147. The number of nitrogens with one attached hydrogen (secondary N) is 2. The molecular formula is C24H34N4O7. The van der Waals surface area contributed by atoms with E-state index >= 15 is 0 Å². The van der Waals surface area contributed by atoms with Gasteiger partial charge in [0.25, 0.3) is 0 Å². The lowest BCUT2D eigenvalue weighted by molar-refractivity contribution is -0.145. The van der Waals surface area contributed by atoms with E-state index in [1.807, 2.05) is 30.3 Å². The van der Waals surface area contributed by atoms with Crippen molar-refractivity contribution in [1.29, 1.82) is 0 Å². The van der Waals surface area contributed by atoms with E-state index in [-0.39, 0.29) is 25.3 Å². The van der Waals surface area contributed by atoms with Gasteiger partial charge in [-0.3, -0.25) is 19.2 Å². The molecule has 1 aromatic rings. The molecule has 35 heavy (non-hydrogen) atoms. The zero-order valence-corrected chi connectivity index (χ0v) is 20.0. The van der Waals surface area contributed by atoms with Crippen molar-refractivity contribution in [2.24, 2.45) is 11.7 Å². The zero-order chi connectivity index (χ0) is 26.1. The standard InChI is InChI=1S/C24H34N4O7/c1-14(2)20(25)22(32)27-17(13-15-7-4-3-5-8-15)23(33)28-12-6-9-18(28)21(31)26-16(24(34)35)10-11-19(29)30/h3-5,7-8,14,16-18,20H,6,9-13,25H2,1-2H3,(H,26,31)(H,27,32)(H,29,30)(H,34,35)/t16-,17-,18-,20-/m0/s1. The first-order chi connectivity index (χ1) is 16.5. The summed E-state index contributed by atoms with van der Waals surface area (Å²) in [6.45, 7) is 3.85. The second-order valence-electron chi connectivity index (χ2n) is 9.04. The zero-order valence-electron chi connectivity index (χ0n) is 20.0. The van der Waals surface area contributed by atoms with E-state index in [9.17, 15) is 29.1 Å². The number of carbonyl (C=O) groups excluding carboxylic acids is 3. The van der Waals surface area contributed by atoms with Gasteiger partial charge in [0.1, 0.15) is 18.1 Å². The summed E-state index contributed by atoms with van der Waals surface area (Å²) in [7, 11) is 0. The Balaban J connectivity index is 2.19. The Morgan fingerprint density at radius 2 is 1.71 bits per heavy atom. The summed E-state index contributed by atoms with van der Waals surface area (Å²) in [6, 6.07) is 5.00. The highest BCUT2D eigenvalue weighted by atomic mass is 16.4. The topological polar surface area (TPSA) is 179 Å². The molecule has 192 valence electrons. The van der Waals surface area contributed by atoms with Crippen LogP contribution < -0.4 is 16.4 Å². The number of benzene rings is 1. The molecule has 1 aliphatic heterocycles. The third-order valence-electron chi connectivity index (χ3n) is 6.02. The lowest BCUT2D eigenvalue weighted by Crippen LogP contribution is -2.57. The van der Waals surface area contributed by atoms with Crippen LogP contribution in [0.3, 0.4) is 0 Å². The summed E-state index contributed by atoms with van der Waals surface area (Å²) < 4.78 is 0. The second kappa shape index (κ2) is 12.8. The molecular weight excluding hydrogens is 456 g/mol. The largest absolute Gasteiger partial charge is 0.481 e. The first-order valence-electron chi connectivity index (χ1n) is 11.7. The van der Waals surface area contributed by atoms with Crippen molar-refractivity contribution >= 4 is 29.7 Å². The van der Waals surface area contributed by atoms with E-state index < -0.39 is 60.2 Å². The van der Waals surface area contributed by atoms with E-state index in [4.69, 9.17) is 10.8 Å². The SMILES string of the molecule is CC(C)[C@H](N)C(=O)N[C@@H](Cc1ccccc1)C(=O)N1CCC[C@H]1C(=O)N[C@@H](CCC(=O)O)C(=O)O. The van der Waals surface area contributed by atoms with Gasteiger partial charge >= 0.3 is 11.9 Å². The summed E-state index contributed by atoms with van der Waals surface area (Å²) in [6.07, 6.45) is 0.328. The summed E-state index contributed by atoms with van der Waals surface area (Å²) in [5.74, 6) is -4.29. The van der Waals surface area contributed by atoms with Crippen LogP contribution in [0.15, 0.2) is 30.3 Å². The summed E-state index contributed by atoms with van der Waals surface area (Å²) >= 11 is 0. The molecule has 0 saturated carbocycles. The molecule has 0 aromatic heterocycles. The molecule has 11 heteroatoms. The van der Waals surface area contributed by atoms with Gasteiger partial charge in [0, 0.05) is 19.4 Å². The summed E-state index contributed by atoms with van der Waals surface area (Å²) in [5.41, 5.74) is 6.77. The lowest BCUT2D eigenvalue weighted by Gasteiger charge is -2.30. The molecule has 4 atom stereocenters. The van der Waals surface area contributed by atoms with Gasteiger partial charge in [0.15, 0.2) is 0 Å². The molecule has 1 saturated heterocycles. The molecule has 0 bridgehead atoms. The van der Waals surface area contributed by atoms with Gasteiger partial charge in [-0.25, -0.2) is 4.79 Å². The van der Waals surface area contributed by atoms with Crippen LogP contribution in [-0.4, -0.2) is 75.5 Å². The van der Waals surface area contributed by atoms with E-state index in [2.05, 4.69) is 10.6 Å². The number of hydrogen-bond donors (Lipinski definition) is 5. The minimum Gasteiger partial charge on any atom is -0.481 e. The molecule has 0 radical (unpaired) electrons. The fourth-order valence-corrected chi connectivity index (χ4v) is 3.92. The highest BCUT2D eigenvalue weighted by molar-refractivity contribution is 5.94. The molecule has 0 spiro atoms. The van der Waals surface area contributed by atoms with Gasteiger partial charge in [0.05, 0.1) is 6.04 Å². The van der Waals surface area contributed by atoms with Crippen molar-refractivity contribution < 1.29 is 34.2 Å². The Kier molecular flexibility index (Phi) is 10.2. The number of carboxylic acids is 2. The lowest BCUT2D eigenvalue weighted by atomic mass is 10.0. The van der Waals surface area contributed by atoms with Crippen LogP contribution in [0.1, 0.15) is 45.1 Å². The highest BCUT2D eigenvalue weighted by Gasteiger charge is 2.39. The first-order valence-corrected chi connectivity index (χ1v) is 11.7.